The first-order chi connectivity index (χ1) is 5.77. The molecule has 0 aliphatic rings. The largest absolute Gasteiger partial charge is 0.398 e. The van der Waals surface area contributed by atoms with E-state index in [9.17, 15) is 0 Å². The number of hydrogen-bond donors (Lipinski definition) is 1. The van der Waals surface area contributed by atoms with Crippen LogP contribution in [0.2, 0.25) is 0 Å². The number of thioether (sulfide) groups is 1. The molecule has 0 bridgehead atoms. The van der Waals surface area contributed by atoms with Gasteiger partial charge in [0.25, 0.3) is 0 Å². The summed E-state index contributed by atoms with van der Waals surface area (Å²) < 4.78 is 0. The van der Waals surface area contributed by atoms with Crippen molar-refractivity contribution in [2.45, 2.75) is 4.90 Å². The monoisotopic (exact) mass is 175 g/mol. The lowest BCUT2D eigenvalue weighted by molar-refractivity contribution is 1.41. The maximum atomic E-state index is 8.54. The number of hydrogen-bond acceptors (Lipinski definition) is 4. The summed E-state index contributed by atoms with van der Waals surface area (Å²) in [7, 11) is 0. The van der Waals surface area contributed by atoms with Gasteiger partial charge < -0.3 is 5.73 Å². The van der Waals surface area contributed by atoms with Gasteiger partial charge in [0.05, 0.1) is 11.6 Å². The number of nitrogens with two attached hydrogens (primary N) is 1. The highest BCUT2D eigenvalue weighted by molar-refractivity contribution is 8.03. The second kappa shape index (κ2) is 3.66. The highest BCUT2D eigenvalue weighted by Gasteiger charge is 2.00. The van der Waals surface area contributed by atoms with Crippen molar-refractivity contribution in [2.75, 3.05) is 5.73 Å². The summed E-state index contributed by atoms with van der Waals surface area (Å²) in [5, 5.41) is 18.8. The van der Waals surface area contributed by atoms with Gasteiger partial charge in [-0.15, -0.1) is 0 Å². The summed E-state index contributed by atoms with van der Waals surface area (Å²) in [5.41, 5.74) is 6.59. The Kier molecular flexibility index (Phi) is 2.57. The van der Waals surface area contributed by atoms with Gasteiger partial charge in [-0.3, -0.25) is 0 Å². The zero-order valence-corrected chi connectivity index (χ0v) is 6.93. The fourth-order valence-corrected chi connectivity index (χ4v) is 1.21. The van der Waals surface area contributed by atoms with Crippen LogP contribution in [0.5, 0.6) is 0 Å². The molecule has 0 spiro atoms. The summed E-state index contributed by atoms with van der Waals surface area (Å²) in [6.45, 7) is 0. The SMILES string of the molecule is N#CSc1cc(C#N)ccc1N. The van der Waals surface area contributed by atoms with Crippen LogP contribution >= 0.6 is 11.8 Å². The molecule has 58 valence electrons. The van der Waals surface area contributed by atoms with Crippen LogP contribution in [-0.2, 0) is 0 Å². The third kappa shape index (κ3) is 1.69. The van der Waals surface area contributed by atoms with Crippen LogP contribution in [0.25, 0.3) is 0 Å². The quantitative estimate of drug-likeness (QED) is 0.400. The Hall–Kier alpha value is -1.65. The van der Waals surface area contributed by atoms with Crippen molar-refractivity contribution in [1.82, 2.24) is 0 Å². The second-order valence-corrected chi connectivity index (χ2v) is 2.88. The van der Waals surface area contributed by atoms with Gasteiger partial charge in [0, 0.05) is 10.6 Å². The molecular formula is C8H5N3S. The molecule has 0 atom stereocenters. The Morgan fingerprint density at radius 2 is 2.08 bits per heavy atom. The van der Waals surface area contributed by atoms with Crippen molar-refractivity contribution in [3.8, 4) is 11.5 Å². The molecule has 0 heterocycles. The van der Waals surface area contributed by atoms with E-state index in [1.165, 1.54) is 0 Å². The van der Waals surface area contributed by atoms with Crippen LogP contribution in [0, 0.1) is 22.0 Å². The van der Waals surface area contributed by atoms with E-state index in [2.05, 4.69) is 0 Å². The number of nitrogens with zero attached hydrogens (tertiary/aromatic N) is 2. The predicted octanol–water partition coefficient (Wildman–Crippen LogP) is 1.71. The Morgan fingerprint density at radius 3 is 2.67 bits per heavy atom. The molecule has 0 fully saturated rings. The maximum absolute atomic E-state index is 8.54. The van der Waals surface area contributed by atoms with Crippen molar-refractivity contribution in [3.05, 3.63) is 23.8 Å². The molecule has 2 N–H and O–H groups in total. The van der Waals surface area contributed by atoms with E-state index in [0.717, 1.165) is 11.8 Å². The van der Waals surface area contributed by atoms with Crippen molar-refractivity contribution in [1.29, 1.82) is 10.5 Å². The van der Waals surface area contributed by atoms with E-state index in [1.54, 1.807) is 18.2 Å². The first kappa shape index (κ1) is 8.45. The van der Waals surface area contributed by atoms with Gasteiger partial charge in [-0.05, 0) is 30.0 Å². The fraction of sp³-hybridized carbons (Fsp3) is 0. The number of rotatable bonds is 1. The Balaban J connectivity index is 3.12. The topological polar surface area (TPSA) is 73.6 Å². The van der Waals surface area contributed by atoms with E-state index >= 15 is 0 Å². The third-order valence-corrected chi connectivity index (χ3v) is 1.96. The molecule has 0 aromatic heterocycles. The van der Waals surface area contributed by atoms with Gasteiger partial charge in [0.2, 0.25) is 0 Å². The summed E-state index contributed by atoms with van der Waals surface area (Å²) in [4.78, 5) is 0.636. The van der Waals surface area contributed by atoms with Crippen LogP contribution in [-0.4, -0.2) is 0 Å². The molecule has 0 saturated carbocycles. The van der Waals surface area contributed by atoms with Gasteiger partial charge in [-0.25, -0.2) is 0 Å². The lowest BCUT2D eigenvalue weighted by Gasteiger charge is -1.98. The van der Waals surface area contributed by atoms with E-state index in [4.69, 9.17) is 16.3 Å². The Morgan fingerprint density at radius 1 is 1.33 bits per heavy atom. The van der Waals surface area contributed by atoms with E-state index < -0.39 is 0 Å². The first-order valence-corrected chi connectivity index (χ1v) is 3.95. The molecule has 0 aliphatic carbocycles. The number of anilines is 1. The standard InChI is InChI=1S/C8H5N3S/c9-4-6-1-2-7(11)8(3-6)12-5-10/h1-3H,11H2. The molecule has 0 unspecified atom stereocenters. The smallest absolute Gasteiger partial charge is 0.138 e. The number of thiocyanates is 1. The Labute approximate surface area is 74.4 Å². The summed E-state index contributed by atoms with van der Waals surface area (Å²) in [6.07, 6.45) is 0. The molecule has 1 rings (SSSR count). The summed E-state index contributed by atoms with van der Waals surface area (Å²) >= 11 is 0.961. The highest BCUT2D eigenvalue weighted by Crippen LogP contribution is 2.24. The lowest BCUT2D eigenvalue weighted by atomic mass is 10.2. The molecule has 0 saturated heterocycles. The fourth-order valence-electron chi connectivity index (χ4n) is 0.741. The maximum Gasteiger partial charge on any atom is 0.138 e. The van der Waals surface area contributed by atoms with Crippen molar-refractivity contribution < 1.29 is 0 Å². The van der Waals surface area contributed by atoms with Crippen LogP contribution in [0.3, 0.4) is 0 Å². The van der Waals surface area contributed by atoms with Gasteiger partial charge in [0.1, 0.15) is 5.40 Å². The van der Waals surface area contributed by atoms with Crippen LogP contribution in [0.4, 0.5) is 5.69 Å². The minimum Gasteiger partial charge on any atom is -0.398 e. The summed E-state index contributed by atoms with van der Waals surface area (Å²) in [5.74, 6) is 0. The average molecular weight is 175 g/mol. The lowest BCUT2D eigenvalue weighted by Crippen LogP contribution is -1.88. The highest BCUT2D eigenvalue weighted by atomic mass is 32.2. The molecular weight excluding hydrogens is 170 g/mol. The van der Waals surface area contributed by atoms with Gasteiger partial charge in [-0.1, -0.05) is 0 Å². The van der Waals surface area contributed by atoms with Crippen LogP contribution in [0.15, 0.2) is 23.1 Å². The predicted molar refractivity (Wildman–Crippen MR) is 47.0 cm³/mol. The average Bonchev–Trinajstić information content (AvgIpc) is 2.09. The van der Waals surface area contributed by atoms with E-state index in [-0.39, 0.29) is 0 Å². The molecule has 12 heavy (non-hydrogen) atoms. The van der Waals surface area contributed by atoms with Gasteiger partial charge >= 0.3 is 0 Å². The van der Waals surface area contributed by atoms with Crippen molar-refractivity contribution in [3.63, 3.8) is 0 Å². The molecule has 1 aromatic rings. The second-order valence-electron chi connectivity index (χ2n) is 2.06. The van der Waals surface area contributed by atoms with Crippen LogP contribution in [0.1, 0.15) is 5.56 Å². The normalized spacial score (nSPS) is 8.50. The zero-order valence-electron chi connectivity index (χ0n) is 6.11. The summed E-state index contributed by atoms with van der Waals surface area (Å²) in [6, 6.07) is 6.82. The van der Waals surface area contributed by atoms with Gasteiger partial charge in [0.15, 0.2) is 0 Å². The molecule has 0 amide bonds. The Bertz CT molecular complexity index is 373. The van der Waals surface area contributed by atoms with Crippen molar-refractivity contribution >= 4 is 17.4 Å². The molecule has 3 nitrogen and oxygen atoms in total. The first-order valence-electron chi connectivity index (χ1n) is 3.13. The van der Waals surface area contributed by atoms with Crippen LogP contribution < -0.4 is 5.73 Å². The van der Waals surface area contributed by atoms with E-state index in [1.807, 2.05) is 11.5 Å². The number of nitrogen functional groups attached to an aromatic ring is 1. The minimum atomic E-state index is 0.516. The van der Waals surface area contributed by atoms with Crippen molar-refractivity contribution in [2.24, 2.45) is 0 Å². The molecule has 1 aromatic carbocycles. The number of benzene rings is 1. The minimum absolute atomic E-state index is 0.516. The van der Waals surface area contributed by atoms with Gasteiger partial charge in [-0.2, -0.15) is 10.5 Å². The number of nitriles is 2. The molecule has 0 aliphatic heterocycles. The van der Waals surface area contributed by atoms with E-state index in [0.29, 0.717) is 16.1 Å². The zero-order chi connectivity index (χ0) is 8.97. The third-order valence-electron chi connectivity index (χ3n) is 1.30. The molecule has 0 radical (unpaired) electrons. The molecule has 4 heteroatoms.